The van der Waals surface area contributed by atoms with E-state index >= 15 is 0 Å². The Morgan fingerprint density at radius 1 is 1.32 bits per heavy atom. The largest absolute Gasteiger partial charge is 0.464 e. The molecule has 1 saturated heterocycles. The van der Waals surface area contributed by atoms with E-state index in [1.54, 1.807) is 0 Å². The number of esters is 1. The minimum atomic E-state index is -3.89. The van der Waals surface area contributed by atoms with Gasteiger partial charge in [-0.05, 0) is 12.1 Å². The first kappa shape index (κ1) is 13.4. The highest BCUT2D eigenvalue weighted by Crippen LogP contribution is 2.17. The van der Waals surface area contributed by atoms with Crippen LogP contribution >= 0.6 is 0 Å². The fourth-order valence-corrected chi connectivity index (χ4v) is 2.82. The predicted molar refractivity (Wildman–Crippen MR) is 62.8 cm³/mol. The van der Waals surface area contributed by atoms with Gasteiger partial charge in [-0.1, -0.05) is 0 Å². The van der Waals surface area contributed by atoms with Crippen molar-refractivity contribution in [3.8, 4) is 0 Å². The molecule has 0 unspecified atom stereocenters. The standard InChI is InChI=1S/C10H10N2O6S/c13-10-9(5-6-18-10)11-19(16,17)8-3-1-7(2-4-8)12(14)15/h1-4,9,11H,5-6H2/t9-/m0/s1. The number of carbonyl (C=O) groups is 1. The second kappa shape index (κ2) is 4.94. The number of rotatable bonds is 4. The Morgan fingerprint density at radius 2 is 1.95 bits per heavy atom. The minimum absolute atomic E-state index is 0.141. The normalized spacial score (nSPS) is 19.2. The van der Waals surface area contributed by atoms with Crippen LogP contribution < -0.4 is 4.72 Å². The summed E-state index contributed by atoms with van der Waals surface area (Å²) in [6.07, 6.45) is 0.269. The van der Waals surface area contributed by atoms with Gasteiger partial charge in [0.2, 0.25) is 10.0 Å². The number of ether oxygens (including phenoxy) is 1. The maximum atomic E-state index is 11.9. The third-order valence-corrected chi connectivity index (χ3v) is 4.08. The van der Waals surface area contributed by atoms with E-state index in [9.17, 15) is 23.3 Å². The highest BCUT2D eigenvalue weighted by atomic mass is 32.2. The summed E-state index contributed by atoms with van der Waals surface area (Å²) in [4.78, 5) is 20.9. The van der Waals surface area contributed by atoms with Gasteiger partial charge in [0.25, 0.3) is 5.69 Å². The molecule has 1 heterocycles. The first-order chi connectivity index (χ1) is 8.90. The van der Waals surface area contributed by atoms with Crippen molar-refractivity contribution in [3.05, 3.63) is 34.4 Å². The number of cyclic esters (lactones) is 1. The lowest BCUT2D eigenvalue weighted by atomic mass is 10.3. The summed E-state index contributed by atoms with van der Waals surface area (Å²) in [5, 5.41) is 10.5. The highest BCUT2D eigenvalue weighted by molar-refractivity contribution is 7.89. The van der Waals surface area contributed by atoms with Crippen molar-refractivity contribution >= 4 is 21.7 Å². The zero-order valence-corrected chi connectivity index (χ0v) is 10.4. The molecule has 0 aliphatic carbocycles. The number of nitrogens with one attached hydrogen (secondary N) is 1. The van der Waals surface area contributed by atoms with E-state index < -0.39 is 27.0 Å². The topological polar surface area (TPSA) is 116 Å². The summed E-state index contributed by atoms with van der Waals surface area (Å²) in [6.45, 7) is 0.173. The number of benzene rings is 1. The molecule has 1 aromatic rings. The molecule has 1 aliphatic heterocycles. The summed E-state index contributed by atoms with van der Waals surface area (Å²) in [5.41, 5.74) is -0.209. The third kappa shape index (κ3) is 2.88. The second-order valence-electron chi connectivity index (χ2n) is 3.88. The monoisotopic (exact) mass is 286 g/mol. The molecule has 9 heteroatoms. The maximum absolute atomic E-state index is 11.9. The van der Waals surface area contributed by atoms with Gasteiger partial charge in [-0.3, -0.25) is 14.9 Å². The number of hydrogen-bond acceptors (Lipinski definition) is 6. The van der Waals surface area contributed by atoms with Crippen molar-refractivity contribution in [2.75, 3.05) is 6.61 Å². The summed E-state index contributed by atoms with van der Waals surface area (Å²) in [6, 6.07) is 3.49. The first-order valence-corrected chi connectivity index (χ1v) is 6.82. The van der Waals surface area contributed by atoms with Gasteiger partial charge in [0.15, 0.2) is 0 Å². The maximum Gasteiger partial charge on any atom is 0.324 e. The average molecular weight is 286 g/mol. The number of hydrogen-bond donors (Lipinski definition) is 1. The first-order valence-electron chi connectivity index (χ1n) is 5.33. The van der Waals surface area contributed by atoms with E-state index in [2.05, 4.69) is 9.46 Å². The van der Waals surface area contributed by atoms with Gasteiger partial charge >= 0.3 is 5.97 Å². The molecule has 1 N–H and O–H groups in total. The predicted octanol–water partition coefficient (Wildman–Crippen LogP) is 0.189. The third-order valence-electron chi connectivity index (χ3n) is 2.59. The Balaban J connectivity index is 2.19. The Bertz CT molecular complexity index is 609. The van der Waals surface area contributed by atoms with Crippen molar-refractivity contribution in [1.82, 2.24) is 4.72 Å². The molecule has 0 saturated carbocycles. The molecule has 0 amide bonds. The van der Waals surface area contributed by atoms with Crippen molar-refractivity contribution in [1.29, 1.82) is 0 Å². The SMILES string of the molecule is O=C1OCC[C@@H]1NS(=O)(=O)c1ccc([N+](=O)[O-])cc1. The Kier molecular flexibility index (Phi) is 3.49. The molecule has 2 rings (SSSR count). The lowest BCUT2D eigenvalue weighted by Gasteiger charge is -2.09. The molecule has 0 bridgehead atoms. The van der Waals surface area contributed by atoms with E-state index in [-0.39, 0.29) is 23.6 Å². The Labute approximate surface area is 108 Å². The van der Waals surface area contributed by atoms with Gasteiger partial charge < -0.3 is 4.74 Å². The quantitative estimate of drug-likeness (QED) is 0.480. The molecule has 0 radical (unpaired) electrons. The molecule has 102 valence electrons. The number of nitro groups is 1. The summed E-state index contributed by atoms with van der Waals surface area (Å²) in [5.74, 6) is -0.620. The molecule has 0 spiro atoms. The molecule has 8 nitrogen and oxygen atoms in total. The second-order valence-corrected chi connectivity index (χ2v) is 5.60. The number of nitrogens with zero attached hydrogens (tertiary/aromatic N) is 1. The van der Waals surface area contributed by atoms with Crippen LogP contribution in [0.4, 0.5) is 5.69 Å². The fraction of sp³-hybridized carbons (Fsp3) is 0.300. The zero-order chi connectivity index (χ0) is 14.0. The molecular weight excluding hydrogens is 276 g/mol. The number of carbonyl (C=O) groups excluding carboxylic acids is 1. The van der Waals surface area contributed by atoms with E-state index in [1.807, 2.05) is 0 Å². The number of non-ortho nitro benzene ring substituents is 1. The van der Waals surface area contributed by atoms with Gasteiger partial charge in [-0.15, -0.1) is 0 Å². The van der Waals surface area contributed by atoms with E-state index in [0.717, 1.165) is 24.3 Å². The lowest BCUT2D eigenvalue weighted by Crippen LogP contribution is -2.37. The summed E-state index contributed by atoms with van der Waals surface area (Å²) < 4.78 is 30.7. The molecule has 19 heavy (non-hydrogen) atoms. The van der Waals surface area contributed by atoms with Gasteiger partial charge in [0.1, 0.15) is 6.04 Å². The van der Waals surface area contributed by atoms with E-state index in [1.165, 1.54) is 0 Å². The van der Waals surface area contributed by atoms with Crippen LogP contribution in [0.1, 0.15) is 6.42 Å². The van der Waals surface area contributed by atoms with Crippen molar-refractivity contribution in [2.24, 2.45) is 0 Å². The Morgan fingerprint density at radius 3 is 2.42 bits per heavy atom. The average Bonchev–Trinajstić information content (AvgIpc) is 2.74. The van der Waals surface area contributed by atoms with Crippen molar-refractivity contribution in [2.45, 2.75) is 17.4 Å². The van der Waals surface area contributed by atoms with Crippen LogP contribution in [0.5, 0.6) is 0 Å². The molecule has 1 aromatic carbocycles. The lowest BCUT2D eigenvalue weighted by molar-refractivity contribution is -0.384. The molecule has 1 atom stereocenters. The fourth-order valence-electron chi connectivity index (χ4n) is 1.61. The molecule has 1 fully saturated rings. The Hall–Kier alpha value is -2.00. The summed E-state index contributed by atoms with van der Waals surface area (Å²) in [7, 11) is -3.89. The molecular formula is C10H10N2O6S. The molecule has 0 aromatic heterocycles. The van der Waals surface area contributed by atoms with Gasteiger partial charge in [0, 0.05) is 18.6 Å². The number of nitro benzene ring substituents is 1. The van der Waals surface area contributed by atoms with E-state index in [0.29, 0.717) is 0 Å². The van der Waals surface area contributed by atoms with Crippen LogP contribution in [-0.4, -0.2) is 32.0 Å². The van der Waals surface area contributed by atoms with Crippen LogP contribution in [0.3, 0.4) is 0 Å². The highest BCUT2D eigenvalue weighted by Gasteiger charge is 2.31. The van der Waals surface area contributed by atoms with Gasteiger partial charge in [-0.2, -0.15) is 4.72 Å². The van der Waals surface area contributed by atoms with Crippen molar-refractivity contribution in [3.63, 3.8) is 0 Å². The van der Waals surface area contributed by atoms with Crippen LogP contribution in [0.25, 0.3) is 0 Å². The smallest absolute Gasteiger partial charge is 0.324 e. The summed E-state index contributed by atoms with van der Waals surface area (Å²) >= 11 is 0. The van der Waals surface area contributed by atoms with E-state index in [4.69, 9.17) is 0 Å². The zero-order valence-electron chi connectivity index (χ0n) is 9.61. The molecule has 1 aliphatic rings. The van der Waals surface area contributed by atoms with Crippen LogP contribution in [0, 0.1) is 10.1 Å². The van der Waals surface area contributed by atoms with Gasteiger partial charge in [-0.25, -0.2) is 8.42 Å². The van der Waals surface area contributed by atoms with Crippen LogP contribution in [0.15, 0.2) is 29.2 Å². The van der Waals surface area contributed by atoms with Crippen LogP contribution in [0.2, 0.25) is 0 Å². The van der Waals surface area contributed by atoms with Gasteiger partial charge in [0.05, 0.1) is 16.4 Å². The van der Waals surface area contributed by atoms with Crippen LogP contribution in [-0.2, 0) is 19.6 Å². The number of sulfonamides is 1. The minimum Gasteiger partial charge on any atom is -0.464 e. The van der Waals surface area contributed by atoms with Crippen molar-refractivity contribution < 1.29 is 22.9 Å².